The minimum atomic E-state index is -0.216. The summed E-state index contributed by atoms with van der Waals surface area (Å²) in [6.07, 6.45) is 2.10. The van der Waals surface area contributed by atoms with Crippen molar-refractivity contribution in [3.05, 3.63) is 0 Å². The molecule has 2 atom stereocenters. The van der Waals surface area contributed by atoms with Gasteiger partial charge < -0.3 is 10.6 Å². The van der Waals surface area contributed by atoms with E-state index in [0.717, 1.165) is 31.1 Å². The van der Waals surface area contributed by atoms with E-state index < -0.39 is 0 Å². The summed E-state index contributed by atoms with van der Waals surface area (Å²) in [5, 5.41) is 7.54. The van der Waals surface area contributed by atoms with E-state index in [1.807, 2.05) is 13.8 Å². The lowest BCUT2D eigenvalue weighted by molar-refractivity contribution is -0.122. The summed E-state index contributed by atoms with van der Waals surface area (Å²) in [7, 11) is 0. The van der Waals surface area contributed by atoms with Crippen molar-refractivity contribution in [2.24, 2.45) is 10.4 Å². The number of rotatable bonds is 5. The number of aliphatic imine (C=N–C) groups is 1. The topological polar surface area (TPSA) is 53.5 Å². The van der Waals surface area contributed by atoms with Crippen LogP contribution in [0.4, 0.5) is 0 Å². The first kappa shape index (κ1) is 16.3. The van der Waals surface area contributed by atoms with Gasteiger partial charge in [-0.05, 0) is 25.2 Å². The lowest BCUT2D eigenvalue weighted by atomic mass is 9.90. The van der Waals surface area contributed by atoms with E-state index >= 15 is 0 Å². The molecule has 0 aromatic carbocycles. The zero-order valence-corrected chi connectivity index (χ0v) is 13.6. The monoisotopic (exact) mass is 285 g/mol. The van der Waals surface area contributed by atoms with Gasteiger partial charge in [-0.2, -0.15) is 0 Å². The van der Waals surface area contributed by atoms with Crippen LogP contribution in [0.1, 0.15) is 47.5 Å². The molecule has 0 aliphatic carbocycles. The highest BCUT2D eigenvalue weighted by Gasteiger charge is 2.26. The smallest absolute Gasteiger partial charge is 0.242 e. The zero-order valence-electron chi connectivity index (χ0n) is 12.7. The predicted octanol–water partition coefficient (Wildman–Crippen LogP) is 2.40. The van der Waals surface area contributed by atoms with E-state index in [9.17, 15) is 4.79 Å². The summed E-state index contributed by atoms with van der Waals surface area (Å²) < 4.78 is 0. The summed E-state index contributed by atoms with van der Waals surface area (Å²) in [6.45, 7) is 12.3. The first-order valence-corrected chi connectivity index (χ1v) is 7.95. The van der Waals surface area contributed by atoms with E-state index in [4.69, 9.17) is 0 Å². The van der Waals surface area contributed by atoms with Gasteiger partial charge in [-0.1, -0.05) is 39.5 Å². The van der Waals surface area contributed by atoms with Crippen molar-refractivity contribution in [2.45, 2.75) is 58.8 Å². The molecule has 1 heterocycles. The van der Waals surface area contributed by atoms with Crippen LogP contribution in [-0.4, -0.2) is 35.5 Å². The highest BCUT2D eigenvalue weighted by Crippen LogP contribution is 2.31. The van der Waals surface area contributed by atoms with Crippen LogP contribution < -0.4 is 10.6 Å². The van der Waals surface area contributed by atoms with Crippen molar-refractivity contribution in [3.8, 4) is 0 Å². The molecule has 4 nitrogen and oxygen atoms in total. The molecule has 0 aromatic rings. The number of nitrogens with one attached hydrogen (secondary N) is 2. The third-order valence-corrected chi connectivity index (χ3v) is 3.96. The fraction of sp³-hybridized carbons (Fsp3) is 0.857. The Morgan fingerprint density at radius 3 is 2.79 bits per heavy atom. The fourth-order valence-electron chi connectivity index (χ4n) is 1.94. The van der Waals surface area contributed by atoms with Gasteiger partial charge in [0.15, 0.2) is 5.17 Å². The largest absolute Gasteiger partial charge is 0.354 e. The summed E-state index contributed by atoms with van der Waals surface area (Å²) >= 11 is 1.77. The quantitative estimate of drug-likeness (QED) is 0.815. The van der Waals surface area contributed by atoms with Crippen molar-refractivity contribution in [2.75, 3.05) is 13.1 Å². The highest BCUT2D eigenvalue weighted by molar-refractivity contribution is 8.14. The van der Waals surface area contributed by atoms with Gasteiger partial charge in [-0.3, -0.25) is 9.79 Å². The van der Waals surface area contributed by atoms with Crippen LogP contribution in [0.2, 0.25) is 0 Å². The molecule has 0 spiro atoms. The minimum absolute atomic E-state index is 0.0458. The maximum Gasteiger partial charge on any atom is 0.242 e. The van der Waals surface area contributed by atoms with Crippen molar-refractivity contribution < 1.29 is 4.79 Å². The molecule has 0 saturated carbocycles. The summed E-state index contributed by atoms with van der Waals surface area (Å²) in [4.78, 5) is 16.3. The lowest BCUT2D eigenvalue weighted by Crippen LogP contribution is -2.44. The van der Waals surface area contributed by atoms with Crippen LogP contribution in [0, 0.1) is 5.41 Å². The molecule has 1 rings (SSSR count). The van der Waals surface area contributed by atoms with Gasteiger partial charge in [-0.15, -0.1) is 0 Å². The van der Waals surface area contributed by atoms with Gasteiger partial charge in [0, 0.05) is 11.8 Å². The molecular weight excluding hydrogens is 258 g/mol. The van der Waals surface area contributed by atoms with Crippen molar-refractivity contribution in [1.82, 2.24) is 10.6 Å². The summed E-state index contributed by atoms with van der Waals surface area (Å²) in [6, 6.07) is -0.216. The number of carbonyl (C=O) groups excluding carboxylic acids is 1. The Morgan fingerprint density at radius 1 is 1.53 bits per heavy atom. The Kier molecular flexibility index (Phi) is 6.17. The minimum Gasteiger partial charge on any atom is -0.354 e. The van der Waals surface area contributed by atoms with Gasteiger partial charge in [0.25, 0.3) is 0 Å². The zero-order chi connectivity index (χ0) is 14.5. The van der Waals surface area contributed by atoms with Crippen LogP contribution >= 0.6 is 11.8 Å². The van der Waals surface area contributed by atoms with Crippen molar-refractivity contribution >= 4 is 22.8 Å². The second kappa shape index (κ2) is 7.17. The molecule has 0 saturated heterocycles. The maximum absolute atomic E-state index is 11.8. The number of nitrogens with zero attached hydrogens (tertiary/aromatic N) is 1. The number of hydrogen-bond acceptors (Lipinski definition) is 4. The van der Waals surface area contributed by atoms with Gasteiger partial charge in [0.2, 0.25) is 5.91 Å². The number of amidine groups is 1. The van der Waals surface area contributed by atoms with Crippen LogP contribution in [0.3, 0.4) is 0 Å². The Balaban J connectivity index is 2.33. The third kappa shape index (κ3) is 6.32. The van der Waals surface area contributed by atoms with E-state index in [1.165, 1.54) is 0 Å². The van der Waals surface area contributed by atoms with Gasteiger partial charge in [0.1, 0.15) is 6.04 Å². The molecule has 5 heteroatoms. The van der Waals surface area contributed by atoms with Crippen LogP contribution in [0.25, 0.3) is 0 Å². The van der Waals surface area contributed by atoms with Crippen molar-refractivity contribution in [1.29, 1.82) is 0 Å². The lowest BCUT2D eigenvalue weighted by Gasteiger charge is -2.22. The van der Waals surface area contributed by atoms with Crippen LogP contribution in [0.15, 0.2) is 4.99 Å². The second-order valence-corrected chi connectivity index (χ2v) is 7.60. The van der Waals surface area contributed by atoms with Gasteiger partial charge in [0.05, 0.1) is 6.54 Å². The van der Waals surface area contributed by atoms with E-state index in [-0.39, 0.29) is 11.9 Å². The van der Waals surface area contributed by atoms with Crippen molar-refractivity contribution in [3.63, 3.8) is 0 Å². The predicted molar refractivity (Wildman–Crippen MR) is 83.7 cm³/mol. The second-order valence-electron chi connectivity index (χ2n) is 6.31. The molecule has 1 aliphatic rings. The Hall–Kier alpha value is -0.710. The maximum atomic E-state index is 11.8. The number of carbonyl (C=O) groups is 1. The molecule has 1 amide bonds. The van der Waals surface area contributed by atoms with Crippen LogP contribution in [0.5, 0.6) is 0 Å². The summed E-state index contributed by atoms with van der Waals surface area (Å²) in [5.41, 5.74) is 0.326. The van der Waals surface area contributed by atoms with Gasteiger partial charge in [-0.25, -0.2) is 0 Å². The normalized spacial score (nSPS) is 20.9. The molecular formula is C14H27N3OS. The molecule has 0 fully saturated rings. The molecule has 0 aromatic heterocycles. The van der Waals surface area contributed by atoms with E-state index in [2.05, 4.69) is 36.4 Å². The molecule has 2 N–H and O–H groups in total. The molecule has 110 valence electrons. The first-order chi connectivity index (χ1) is 8.81. The third-order valence-electron chi connectivity index (χ3n) is 2.84. The molecule has 2 unspecified atom stereocenters. The Morgan fingerprint density at radius 2 is 2.21 bits per heavy atom. The summed E-state index contributed by atoms with van der Waals surface area (Å²) in [5.74, 6) is 0.0458. The highest BCUT2D eigenvalue weighted by atomic mass is 32.2. The van der Waals surface area contributed by atoms with Crippen LogP contribution in [-0.2, 0) is 4.79 Å². The fourth-order valence-corrected chi connectivity index (χ4v) is 3.38. The Bertz CT molecular complexity index is 336. The molecule has 1 aliphatic heterocycles. The van der Waals surface area contributed by atoms with E-state index in [1.54, 1.807) is 11.8 Å². The van der Waals surface area contributed by atoms with E-state index in [0.29, 0.717) is 10.7 Å². The average Bonchev–Trinajstić information content (AvgIpc) is 2.70. The number of thioether (sulfide) groups is 1. The standard InChI is InChI=1S/C14H27N3OS/c1-6-7-15-12(18)10(2)17-13-16-9-11(19-13)8-14(3,4)5/h10-11H,6-9H2,1-5H3,(H,15,18)(H,16,17). The van der Waals surface area contributed by atoms with Gasteiger partial charge >= 0.3 is 0 Å². The number of hydrogen-bond donors (Lipinski definition) is 2. The molecule has 19 heavy (non-hydrogen) atoms. The molecule has 0 radical (unpaired) electrons. The average molecular weight is 285 g/mol. The SMILES string of the molecule is CCCNC(=O)C(C)NC1=NCC(CC(C)(C)C)S1. The first-order valence-electron chi connectivity index (χ1n) is 7.07. The number of amides is 1. The Labute approximate surface area is 121 Å². The molecule has 0 bridgehead atoms.